The summed E-state index contributed by atoms with van der Waals surface area (Å²) in [6, 6.07) is 0. The van der Waals surface area contributed by atoms with Crippen molar-refractivity contribution < 1.29 is 0 Å². The molecular weight excluding hydrogens is 341 g/mol. The fourth-order valence-electron chi connectivity index (χ4n) is 3.60. The van der Waals surface area contributed by atoms with Crippen molar-refractivity contribution in [3.8, 4) is 0 Å². The van der Waals surface area contributed by atoms with Crippen LogP contribution in [0.3, 0.4) is 0 Å². The predicted molar refractivity (Wildman–Crippen MR) is 89.6 cm³/mol. The zero-order chi connectivity index (χ0) is 14.9. The summed E-state index contributed by atoms with van der Waals surface area (Å²) in [5.74, 6) is 0. The monoisotopic (exact) mass is 379 g/mol. The summed E-state index contributed by atoms with van der Waals surface area (Å²) in [4.78, 5) is 0. The summed E-state index contributed by atoms with van der Waals surface area (Å²) in [6.07, 6.45) is 1.32. The molecule has 3 nitrogen and oxygen atoms in total. The van der Waals surface area contributed by atoms with Crippen molar-refractivity contribution in [1.29, 1.82) is 0 Å². The van der Waals surface area contributed by atoms with Crippen LogP contribution >= 0.6 is 0 Å². The maximum atomic E-state index is 2.86. The van der Waals surface area contributed by atoms with Gasteiger partial charge in [0.1, 0.15) is 0 Å². The van der Waals surface area contributed by atoms with Gasteiger partial charge in [-0.1, -0.05) is 0 Å². The molecule has 0 unspecified atom stereocenters. The van der Waals surface area contributed by atoms with E-state index in [4.69, 9.17) is 0 Å². The van der Waals surface area contributed by atoms with Crippen LogP contribution in [-0.4, -0.2) is 67.8 Å². The van der Waals surface area contributed by atoms with E-state index in [1.165, 1.54) is 50.1 Å². The van der Waals surface area contributed by atoms with Crippen LogP contribution in [0.15, 0.2) is 0 Å². The molecule has 0 aliphatic carbocycles. The number of nitrogens with zero attached hydrogens (tertiary/aromatic N) is 3. The first kappa shape index (κ1) is 19.7. The van der Waals surface area contributed by atoms with Crippen LogP contribution in [0, 0.1) is 0 Å². The van der Waals surface area contributed by atoms with E-state index in [1.807, 2.05) is 0 Å². The second kappa shape index (κ2) is 10.4. The minimum atomic E-state index is -2.60. The SMILES string of the molecule is CC[CH2][Sn]([N](CC)CC)([N](CC)CC)[N](CC)CC. The Bertz CT molecular complexity index is 180. The normalized spacial score (nSPS) is 12.9. The minimum absolute atomic E-state index is 1.21. The van der Waals surface area contributed by atoms with Gasteiger partial charge in [0.2, 0.25) is 0 Å². The van der Waals surface area contributed by atoms with Gasteiger partial charge in [0.15, 0.2) is 0 Å². The molecule has 0 aliphatic rings. The van der Waals surface area contributed by atoms with Gasteiger partial charge in [-0.25, -0.2) is 0 Å². The molecule has 0 amide bonds. The molecule has 0 bridgehead atoms. The third-order valence-corrected chi connectivity index (χ3v) is 21.8. The summed E-state index contributed by atoms with van der Waals surface area (Å²) in [6.45, 7) is 23.7. The molecule has 0 radical (unpaired) electrons. The van der Waals surface area contributed by atoms with Gasteiger partial charge < -0.3 is 0 Å². The molecule has 0 fully saturated rings. The molecule has 0 aromatic carbocycles. The van der Waals surface area contributed by atoms with E-state index in [0.717, 1.165) is 0 Å². The molecule has 0 N–H and O–H groups in total. The van der Waals surface area contributed by atoms with Crippen LogP contribution in [0.25, 0.3) is 0 Å². The Morgan fingerprint density at radius 1 is 0.526 bits per heavy atom. The quantitative estimate of drug-likeness (QED) is 0.511. The van der Waals surface area contributed by atoms with Gasteiger partial charge in [-0.05, 0) is 0 Å². The first-order valence-corrected chi connectivity index (χ1v) is 14.2. The molecule has 0 aromatic heterocycles. The molecule has 0 saturated carbocycles. The zero-order valence-electron chi connectivity index (χ0n) is 14.5. The van der Waals surface area contributed by atoms with E-state index >= 15 is 0 Å². The molecule has 0 heterocycles. The molecule has 0 aliphatic heterocycles. The van der Waals surface area contributed by atoms with Crippen LogP contribution in [0.2, 0.25) is 4.44 Å². The first-order chi connectivity index (χ1) is 9.12. The van der Waals surface area contributed by atoms with Gasteiger partial charge in [0.05, 0.1) is 0 Å². The van der Waals surface area contributed by atoms with Gasteiger partial charge in [0, 0.05) is 0 Å². The molecule has 19 heavy (non-hydrogen) atoms. The van der Waals surface area contributed by atoms with E-state index in [0.29, 0.717) is 0 Å². The van der Waals surface area contributed by atoms with Crippen LogP contribution in [0.1, 0.15) is 54.9 Å². The fraction of sp³-hybridized carbons (Fsp3) is 1.00. The van der Waals surface area contributed by atoms with Crippen molar-refractivity contribution in [3.63, 3.8) is 0 Å². The summed E-state index contributed by atoms with van der Waals surface area (Å²) < 4.78 is 10.0. The third kappa shape index (κ3) is 4.32. The van der Waals surface area contributed by atoms with Gasteiger partial charge in [-0.3, -0.25) is 0 Å². The second-order valence-corrected chi connectivity index (χ2v) is 16.3. The molecular formula is C15H37N3Sn. The van der Waals surface area contributed by atoms with Crippen molar-refractivity contribution in [2.75, 3.05) is 39.3 Å². The van der Waals surface area contributed by atoms with Gasteiger partial charge >= 0.3 is 127 Å². The standard InChI is InChI=1S/3C4H10N.C3H7.Sn/c3*1-3-5-4-2;1-3-2;/h3*3-4H2,1-2H3;1,3H2,2H3;/q3*-1;;+3. The molecule has 0 saturated heterocycles. The summed E-state index contributed by atoms with van der Waals surface area (Å²) >= 11 is -2.60. The second-order valence-electron chi connectivity index (χ2n) is 5.04. The van der Waals surface area contributed by atoms with Crippen LogP contribution in [-0.2, 0) is 0 Å². The average molecular weight is 378 g/mol. The van der Waals surface area contributed by atoms with Crippen LogP contribution in [0.4, 0.5) is 0 Å². The van der Waals surface area contributed by atoms with Crippen molar-refractivity contribution >= 4 is 19.2 Å². The van der Waals surface area contributed by atoms with E-state index in [1.54, 1.807) is 0 Å². The summed E-state index contributed by atoms with van der Waals surface area (Å²) in [5, 5.41) is 0. The van der Waals surface area contributed by atoms with Crippen LogP contribution < -0.4 is 0 Å². The molecule has 0 rings (SSSR count). The topological polar surface area (TPSA) is 9.72 Å². The Morgan fingerprint density at radius 2 is 0.789 bits per heavy atom. The van der Waals surface area contributed by atoms with E-state index in [-0.39, 0.29) is 0 Å². The van der Waals surface area contributed by atoms with Crippen molar-refractivity contribution in [2.24, 2.45) is 0 Å². The summed E-state index contributed by atoms with van der Waals surface area (Å²) in [7, 11) is 0. The Hall–Kier alpha value is 0.679. The molecule has 0 spiro atoms. The first-order valence-electron chi connectivity index (χ1n) is 8.37. The third-order valence-electron chi connectivity index (χ3n) is 4.40. The van der Waals surface area contributed by atoms with Crippen molar-refractivity contribution in [1.82, 2.24) is 9.36 Å². The van der Waals surface area contributed by atoms with E-state index < -0.39 is 19.2 Å². The maximum absolute atomic E-state index is 2.86. The van der Waals surface area contributed by atoms with Crippen molar-refractivity contribution in [3.05, 3.63) is 0 Å². The van der Waals surface area contributed by atoms with Crippen LogP contribution in [0.5, 0.6) is 0 Å². The van der Waals surface area contributed by atoms with E-state index in [9.17, 15) is 0 Å². The number of hydrogen-bond acceptors (Lipinski definition) is 3. The number of hydrogen-bond donors (Lipinski definition) is 0. The van der Waals surface area contributed by atoms with Crippen molar-refractivity contribution in [2.45, 2.75) is 59.3 Å². The van der Waals surface area contributed by atoms with Gasteiger partial charge in [0.25, 0.3) is 0 Å². The van der Waals surface area contributed by atoms with Gasteiger partial charge in [-0.15, -0.1) is 0 Å². The Labute approximate surface area is 127 Å². The summed E-state index contributed by atoms with van der Waals surface area (Å²) in [5.41, 5.74) is 0. The predicted octanol–water partition coefficient (Wildman–Crippen LogP) is 3.36. The average Bonchev–Trinajstić information content (AvgIpc) is 2.42. The Balaban J connectivity index is 5.68. The number of rotatable bonds is 11. The zero-order valence-corrected chi connectivity index (χ0v) is 17.4. The van der Waals surface area contributed by atoms with E-state index in [2.05, 4.69) is 57.8 Å². The van der Waals surface area contributed by atoms with Gasteiger partial charge in [-0.2, -0.15) is 0 Å². The Morgan fingerprint density at radius 3 is 0.947 bits per heavy atom. The molecule has 0 atom stereocenters. The molecule has 116 valence electrons. The fourth-order valence-corrected chi connectivity index (χ4v) is 20.3. The molecule has 0 aromatic rings. The molecule has 4 heteroatoms. The Kier molecular flexibility index (Phi) is 10.8.